The van der Waals surface area contributed by atoms with Crippen LogP contribution in [0.15, 0.2) is 24.3 Å². The molecule has 1 aromatic carbocycles. The summed E-state index contributed by atoms with van der Waals surface area (Å²) in [5.74, 6) is 0.271. The highest BCUT2D eigenvalue weighted by Crippen LogP contribution is 2.24. The average Bonchev–Trinajstić information content (AvgIpc) is 2.47. The van der Waals surface area contributed by atoms with Gasteiger partial charge in [0.15, 0.2) is 0 Å². The number of benzene rings is 1. The van der Waals surface area contributed by atoms with Crippen molar-refractivity contribution in [3.05, 3.63) is 29.8 Å². The van der Waals surface area contributed by atoms with Gasteiger partial charge in [-0.05, 0) is 30.9 Å². The smallest absolute Gasteiger partial charge is 0.220 e. The van der Waals surface area contributed by atoms with E-state index in [2.05, 4.69) is 5.32 Å². The van der Waals surface area contributed by atoms with Crippen LogP contribution in [0.1, 0.15) is 37.7 Å². The van der Waals surface area contributed by atoms with Crippen molar-refractivity contribution in [2.75, 3.05) is 12.3 Å². The van der Waals surface area contributed by atoms with Gasteiger partial charge in [-0.1, -0.05) is 31.0 Å². The van der Waals surface area contributed by atoms with E-state index in [1.54, 1.807) is 0 Å². The van der Waals surface area contributed by atoms with E-state index in [0.717, 1.165) is 36.9 Å². The van der Waals surface area contributed by atoms with Crippen molar-refractivity contribution in [1.29, 1.82) is 0 Å². The minimum Gasteiger partial charge on any atom is -0.399 e. The summed E-state index contributed by atoms with van der Waals surface area (Å²) >= 11 is 0. The first-order valence-electron chi connectivity index (χ1n) is 7.44. The third kappa shape index (κ3) is 3.97. The number of hydrogen-bond donors (Lipinski definition) is 3. The van der Waals surface area contributed by atoms with E-state index in [9.17, 15) is 9.90 Å². The van der Waals surface area contributed by atoms with Gasteiger partial charge in [-0.25, -0.2) is 0 Å². The molecule has 0 saturated heterocycles. The van der Waals surface area contributed by atoms with Gasteiger partial charge < -0.3 is 16.2 Å². The molecular weight excluding hydrogens is 252 g/mol. The topological polar surface area (TPSA) is 75.4 Å². The summed E-state index contributed by atoms with van der Waals surface area (Å²) in [5.41, 5.74) is 7.63. The Kier molecular flexibility index (Phi) is 5.41. The third-order valence-corrected chi connectivity index (χ3v) is 4.17. The van der Waals surface area contributed by atoms with Crippen molar-refractivity contribution in [3.8, 4) is 0 Å². The molecule has 2 atom stereocenters. The highest BCUT2D eigenvalue weighted by atomic mass is 16.3. The first-order chi connectivity index (χ1) is 9.70. The van der Waals surface area contributed by atoms with Crippen LogP contribution in [0.5, 0.6) is 0 Å². The zero-order valence-electron chi connectivity index (χ0n) is 11.8. The Bertz CT molecular complexity index is 448. The molecule has 110 valence electrons. The van der Waals surface area contributed by atoms with Crippen LogP contribution in [0.3, 0.4) is 0 Å². The van der Waals surface area contributed by atoms with Gasteiger partial charge in [0.05, 0.1) is 0 Å². The molecule has 1 amide bonds. The number of aliphatic hydroxyl groups excluding tert-OH is 1. The minimum atomic E-state index is 0.0543. The number of nitrogens with two attached hydrogens (primary N) is 1. The molecule has 4 nitrogen and oxygen atoms in total. The number of anilines is 1. The van der Waals surface area contributed by atoms with E-state index in [1.165, 1.54) is 0 Å². The van der Waals surface area contributed by atoms with Crippen LogP contribution in [0.2, 0.25) is 0 Å². The van der Waals surface area contributed by atoms with Gasteiger partial charge in [-0.15, -0.1) is 0 Å². The number of hydrogen-bond acceptors (Lipinski definition) is 3. The van der Waals surface area contributed by atoms with Crippen molar-refractivity contribution in [3.63, 3.8) is 0 Å². The Morgan fingerprint density at radius 2 is 2.05 bits per heavy atom. The lowest BCUT2D eigenvalue weighted by atomic mass is 9.85. The van der Waals surface area contributed by atoms with Gasteiger partial charge in [0.2, 0.25) is 5.91 Å². The maximum atomic E-state index is 12.0. The van der Waals surface area contributed by atoms with Crippen LogP contribution >= 0.6 is 0 Å². The molecule has 0 spiro atoms. The lowest BCUT2D eigenvalue weighted by Crippen LogP contribution is -2.43. The van der Waals surface area contributed by atoms with Gasteiger partial charge in [0.25, 0.3) is 0 Å². The van der Waals surface area contributed by atoms with Crippen molar-refractivity contribution < 1.29 is 9.90 Å². The molecule has 1 aliphatic rings. The van der Waals surface area contributed by atoms with E-state index >= 15 is 0 Å². The molecule has 4 heteroatoms. The normalized spacial score (nSPS) is 22.4. The third-order valence-electron chi connectivity index (χ3n) is 4.17. The summed E-state index contributed by atoms with van der Waals surface area (Å²) in [6, 6.07) is 7.78. The molecule has 1 fully saturated rings. The van der Waals surface area contributed by atoms with E-state index in [-0.39, 0.29) is 24.5 Å². The quantitative estimate of drug-likeness (QED) is 0.719. The Hall–Kier alpha value is -1.55. The number of para-hydroxylation sites is 1. The maximum Gasteiger partial charge on any atom is 0.220 e. The molecule has 0 heterocycles. The van der Waals surface area contributed by atoms with Crippen molar-refractivity contribution in [2.24, 2.45) is 5.92 Å². The molecule has 1 aliphatic carbocycles. The SMILES string of the molecule is Nc1ccccc1CCC(=O)NC1CCCCC1CO. The van der Waals surface area contributed by atoms with Gasteiger partial charge in [0, 0.05) is 30.7 Å². The molecular formula is C16H24N2O2. The monoisotopic (exact) mass is 276 g/mol. The lowest BCUT2D eigenvalue weighted by Gasteiger charge is -2.30. The molecule has 2 unspecified atom stereocenters. The van der Waals surface area contributed by atoms with Crippen LogP contribution in [-0.2, 0) is 11.2 Å². The number of aliphatic hydroxyl groups is 1. The van der Waals surface area contributed by atoms with E-state index in [4.69, 9.17) is 5.73 Å². The average molecular weight is 276 g/mol. The van der Waals surface area contributed by atoms with Crippen LogP contribution in [0.4, 0.5) is 5.69 Å². The number of nitrogen functional groups attached to an aromatic ring is 1. The Balaban J connectivity index is 1.82. The summed E-state index contributed by atoms with van der Waals surface area (Å²) in [4.78, 5) is 12.0. The van der Waals surface area contributed by atoms with Crippen molar-refractivity contribution in [1.82, 2.24) is 5.32 Å². The molecule has 4 N–H and O–H groups in total. The highest BCUT2D eigenvalue weighted by molar-refractivity contribution is 5.76. The first kappa shape index (κ1) is 14.9. The second-order valence-electron chi connectivity index (χ2n) is 5.60. The Morgan fingerprint density at radius 3 is 2.80 bits per heavy atom. The Labute approximate surface area is 120 Å². The number of amides is 1. The fourth-order valence-corrected chi connectivity index (χ4v) is 2.91. The highest BCUT2D eigenvalue weighted by Gasteiger charge is 2.25. The second kappa shape index (κ2) is 7.29. The van der Waals surface area contributed by atoms with Crippen LogP contribution in [0.25, 0.3) is 0 Å². The zero-order chi connectivity index (χ0) is 14.4. The number of rotatable bonds is 5. The second-order valence-corrected chi connectivity index (χ2v) is 5.60. The lowest BCUT2D eigenvalue weighted by molar-refractivity contribution is -0.122. The van der Waals surface area contributed by atoms with Crippen molar-refractivity contribution in [2.45, 2.75) is 44.6 Å². The number of carbonyl (C=O) groups is 1. The summed E-state index contributed by atoms with van der Waals surface area (Å²) in [6.07, 6.45) is 5.38. The van der Waals surface area contributed by atoms with Gasteiger partial charge in [-0.2, -0.15) is 0 Å². The van der Waals surface area contributed by atoms with Crippen molar-refractivity contribution >= 4 is 11.6 Å². The zero-order valence-corrected chi connectivity index (χ0v) is 11.8. The van der Waals surface area contributed by atoms with Crippen LogP contribution in [0, 0.1) is 5.92 Å². The molecule has 1 aromatic rings. The molecule has 2 rings (SSSR count). The number of carbonyl (C=O) groups excluding carboxylic acids is 1. The molecule has 0 aromatic heterocycles. The van der Waals surface area contributed by atoms with Crippen LogP contribution in [-0.4, -0.2) is 23.7 Å². The van der Waals surface area contributed by atoms with Crippen LogP contribution < -0.4 is 11.1 Å². The largest absolute Gasteiger partial charge is 0.399 e. The molecule has 1 saturated carbocycles. The van der Waals surface area contributed by atoms with Gasteiger partial charge >= 0.3 is 0 Å². The standard InChI is InChI=1S/C16H24N2O2/c17-14-7-3-1-5-12(14)9-10-16(20)18-15-8-4-2-6-13(15)11-19/h1,3,5,7,13,15,19H,2,4,6,8-11,17H2,(H,18,20). The van der Waals surface area contributed by atoms with E-state index < -0.39 is 0 Å². The predicted molar refractivity (Wildman–Crippen MR) is 80.1 cm³/mol. The molecule has 0 bridgehead atoms. The molecule has 20 heavy (non-hydrogen) atoms. The Morgan fingerprint density at radius 1 is 1.30 bits per heavy atom. The summed E-state index contributed by atoms with van der Waals surface area (Å²) < 4.78 is 0. The summed E-state index contributed by atoms with van der Waals surface area (Å²) in [5, 5.41) is 12.4. The van der Waals surface area contributed by atoms with Gasteiger partial charge in [0.1, 0.15) is 0 Å². The molecule has 0 aliphatic heterocycles. The number of nitrogens with one attached hydrogen (secondary N) is 1. The first-order valence-corrected chi connectivity index (χ1v) is 7.44. The summed E-state index contributed by atoms with van der Waals surface area (Å²) in [6.45, 7) is 0.163. The van der Waals surface area contributed by atoms with E-state index in [0.29, 0.717) is 12.8 Å². The minimum absolute atomic E-state index is 0.0543. The van der Waals surface area contributed by atoms with E-state index in [1.807, 2.05) is 24.3 Å². The predicted octanol–water partition coefficient (Wildman–Crippen LogP) is 1.87. The fourth-order valence-electron chi connectivity index (χ4n) is 2.91. The number of aryl methyl sites for hydroxylation is 1. The van der Waals surface area contributed by atoms with Gasteiger partial charge in [-0.3, -0.25) is 4.79 Å². The maximum absolute atomic E-state index is 12.0. The summed E-state index contributed by atoms with van der Waals surface area (Å²) in [7, 11) is 0. The fraction of sp³-hybridized carbons (Fsp3) is 0.562. The molecule has 0 radical (unpaired) electrons.